The van der Waals surface area contributed by atoms with E-state index >= 15 is 0 Å². The third kappa shape index (κ3) is 4.08. The average Bonchev–Trinajstić information content (AvgIpc) is 2.30. The summed E-state index contributed by atoms with van der Waals surface area (Å²) in [4.78, 5) is 10.0. The number of nitrogens with one attached hydrogen (secondary N) is 1. The normalized spacial score (nSPS) is 12.1. The first-order chi connectivity index (χ1) is 8.78. The van der Waals surface area contributed by atoms with Gasteiger partial charge in [0.15, 0.2) is 0 Å². The highest BCUT2D eigenvalue weighted by Gasteiger charge is 2.61. The molecule has 1 aromatic rings. The van der Waals surface area contributed by atoms with Gasteiger partial charge in [0.1, 0.15) is 5.75 Å². The van der Waals surface area contributed by atoms with Gasteiger partial charge in [-0.3, -0.25) is 4.79 Å². The van der Waals surface area contributed by atoms with Gasteiger partial charge in [0.25, 0.3) is 0 Å². The zero-order valence-electron chi connectivity index (χ0n) is 9.51. The van der Waals surface area contributed by atoms with Crippen LogP contribution in [0.25, 0.3) is 0 Å². The monoisotopic (exact) mass is 283 g/mol. The maximum absolute atomic E-state index is 12.8. The van der Waals surface area contributed by atoms with E-state index in [9.17, 15) is 26.7 Å². The van der Waals surface area contributed by atoms with Crippen molar-refractivity contribution < 1.29 is 31.5 Å². The number of ether oxygens (including phenoxy) is 1. The van der Waals surface area contributed by atoms with Crippen molar-refractivity contribution in [3.05, 3.63) is 29.8 Å². The van der Waals surface area contributed by atoms with E-state index in [4.69, 9.17) is 0 Å². The molecular formula is C11H10F5NO2. The first-order valence-electron chi connectivity index (χ1n) is 5.16. The largest absolute Gasteiger partial charge is 0.499 e. The molecule has 1 N–H and O–H groups in total. The fraction of sp³-hybridized carbons (Fsp3) is 0.364. The van der Waals surface area contributed by atoms with Gasteiger partial charge in [0.05, 0.1) is 0 Å². The Kier molecular flexibility index (Phi) is 4.68. The van der Waals surface area contributed by atoms with Crippen LogP contribution >= 0.6 is 0 Å². The summed E-state index contributed by atoms with van der Waals surface area (Å²) in [5.74, 6) is -0.572. The van der Waals surface area contributed by atoms with Gasteiger partial charge in [0, 0.05) is 6.54 Å². The Labute approximate surface area is 105 Å². The van der Waals surface area contributed by atoms with Crippen molar-refractivity contribution >= 4 is 6.41 Å². The molecule has 0 bridgehead atoms. The van der Waals surface area contributed by atoms with Crippen molar-refractivity contribution in [2.45, 2.75) is 18.7 Å². The molecule has 3 nitrogen and oxygen atoms in total. The highest BCUT2D eigenvalue weighted by molar-refractivity contribution is 5.46. The van der Waals surface area contributed by atoms with Gasteiger partial charge >= 0.3 is 12.3 Å². The van der Waals surface area contributed by atoms with Crippen molar-refractivity contribution in [1.82, 2.24) is 5.32 Å². The number of carbonyl (C=O) groups is 1. The molecule has 0 atom stereocenters. The summed E-state index contributed by atoms with van der Waals surface area (Å²) in [6, 6.07) is 5.09. The fourth-order valence-electron chi connectivity index (χ4n) is 1.27. The fourth-order valence-corrected chi connectivity index (χ4v) is 1.27. The Morgan fingerprint density at radius 3 is 2.37 bits per heavy atom. The second kappa shape index (κ2) is 5.85. The summed E-state index contributed by atoms with van der Waals surface area (Å²) in [5, 5.41) is 2.27. The minimum atomic E-state index is -5.79. The number of carbonyl (C=O) groups excluding carboxylic acids is 1. The molecule has 0 fully saturated rings. The predicted molar refractivity (Wildman–Crippen MR) is 55.8 cm³/mol. The van der Waals surface area contributed by atoms with E-state index in [1.54, 1.807) is 0 Å². The highest BCUT2D eigenvalue weighted by atomic mass is 19.4. The van der Waals surface area contributed by atoms with Crippen LogP contribution in [0.5, 0.6) is 5.75 Å². The molecule has 0 spiro atoms. The molecule has 0 saturated carbocycles. The Hall–Kier alpha value is -1.86. The van der Waals surface area contributed by atoms with Crippen molar-refractivity contribution in [3.8, 4) is 5.75 Å². The highest BCUT2D eigenvalue weighted by Crippen LogP contribution is 2.38. The lowest BCUT2D eigenvalue weighted by atomic mass is 10.1. The van der Waals surface area contributed by atoms with Crippen LogP contribution in [0.4, 0.5) is 22.0 Å². The standard InChI is InChI=1S/C11H10F5NO2/c12-10(13,14)11(15,16)19-9-4-2-1-3-8(9)5-6-17-7-18/h1-4,7H,5-6H2,(H,17,18). The van der Waals surface area contributed by atoms with Gasteiger partial charge in [0.2, 0.25) is 6.41 Å². The minimum Gasteiger partial charge on any atom is -0.425 e. The SMILES string of the molecule is O=CNCCc1ccccc1OC(F)(F)C(F)(F)F. The smallest absolute Gasteiger partial charge is 0.425 e. The van der Waals surface area contributed by atoms with E-state index in [2.05, 4.69) is 10.1 Å². The van der Waals surface area contributed by atoms with E-state index in [0.717, 1.165) is 6.07 Å². The van der Waals surface area contributed by atoms with Crippen LogP contribution in [0.15, 0.2) is 24.3 Å². The molecule has 0 heterocycles. The summed E-state index contributed by atoms with van der Waals surface area (Å²) >= 11 is 0. The zero-order valence-corrected chi connectivity index (χ0v) is 9.51. The van der Waals surface area contributed by atoms with Crippen LogP contribution in [-0.2, 0) is 11.2 Å². The first kappa shape index (κ1) is 15.2. The second-order valence-electron chi connectivity index (χ2n) is 3.55. The van der Waals surface area contributed by atoms with Crippen LogP contribution in [0.3, 0.4) is 0 Å². The Morgan fingerprint density at radius 1 is 1.16 bits per heavy atom. The zero-order chi connectivity index (χ0) is 14.5. The van der Waals surface area contributed by atoms with Gasteiger partial charge in [-0.15, -0.1) is 0 Å². The lowest BCUT2D eigenvalue weighted by molar-refractivity contribution is -0.360. The Balaban J connectivity index is 2.86. The third-order valence-electron chi connectivity index (χ3n) is 2.16. The molecule has 0 saturated heterocycles. The third-order valence-corrected chi connectivity index (χ3v) is 2.16. The summed E-state index contributed by atoms with van der Waals surface area (Å²) in [5.41, 5.74) is 0.140. The number of alkyl halides is 5. The number of hydrogen-bond acceptors (Lipinski definition) is 2. The number of amides is 1. The van der Waals surface area contributed by atoms with E-state index in [0.29, 0.717) is 6.41 Å². The lowest BCUT2D eigenvalue weighted by Gasteiger charge is -2.21. The number of hydrogen-bond donors (Lipinski definition) is 1. The van der Waals surface area contributed by atoms with Gasteiger partial charge in [-0.2, -0.15) is 22.0 Å². The van der Waals surface area contributed by atoms with E-state index in [1.165, 1.54) is 18.2 Å². The molecule has 1 amide bonds. The quantitative estimate of drug-likeness (QED) is 0.495. The summed E-state index contributed by atoms with van der Waals surface area (Å²) in [6.45, 7) is 0.0987. The topological polar surface area (TPSA) is 38.3 Å². The van der Waals surface area contributed by atoms with Crippen molar-refractivity contribution in [1.29, 1.82) is 0 Å². The molecule has 1 rings (SSSR count). The summed E-state index contributed by atoms with van der Waals surface area (Å²) < 4.78 is 65.4. The molecular weight excluding hydrogens is 273 g/mol. The van der Waals surface area contributed by atoms with Gasteiger partial charge in [-0.05, 0) is 18.1 Å². The number of benzene rings is 1. The molecule has 0 aliphatic rings. The van der Waals surface area contributed by atoms with Crippen LogP contribution in [-0.4, -0.2) is 25.2 Å². The Morgan fingerprint density at radius 2 is 1.79 bits per heavy atom. The maximum atomic E-state index is 12.8. The van der Waals surface area contributed by atoms with E-state index in [1.807, 2.05) is 0 Å². The predicted octanol–water partition coefficient (Wildman–Crippen LogP) is 2.51. The van der Waals surface area contributed by atoms with Crippen LogP contribution in [0.1, 0.15) is 5.56 Å². The molecule has 0 aromatic heterocycles. The summed E-state index contributed by atoms with van der Waals surface area (Å²) in [6.07, 6.45) is -10.6. The number of halogens is 5. The minimum absolute atomic E-state index is 0.0723. The molecule has 0 unspecified atom stereocenters. The molecule has 1 aromatic carbocycles. The first-order valence-corrected chi connectivity index (χ1v) is 5.16. The average molecular weight is 283 g/mol. The van der Waals surface area contributed by atoms with Crippen molar-refractivity contribution in [2.75, 3.05) is 6.54 Å². The number of para-hydroxylation sites is 1. The molecule has 0 aliphatic carbocycles. The maximum Gasteiger partial charge on any atom is 0.499 e. The van der Waals surface area contributed by atoms with Crippen molar-refractivity contribution in [2.24, 2.45) is 0 Å². The molecule has 0 radical (unpaired) electrons. The summed E-state index contributed by atoms with van der Waals surface area (Å²) in [7, 11) is 0. The molecule has 106 valence electrons. The van der Waals surface area contributed by atoms with E-state index in [-0.39, 0.29) is 18.5 Å². The van der Waals surface area contributed by atoms with Crippen molar-refractivity contribution in [3.63, 3.8) is 0 Å². The van der Waals surface area contributed by atoms with Gasteiger partial charge < -0.3 is 10.1 Å². The Bertz CT molecular complexity index is 433. The van der Waals surface area contributed by atoms with Crippen LogP contribution in [0, 0.1) is 0 Å². The van der Waals surface area contributed by atoms with Gasteiger partial charge in [-0.25, -0.2) is 0 Å². The molecule has 0 aliphatic heterocycles. The van der Waals surface area contributed by atoms with Gasteiger partial charge in [-0.1, -0.05) is 18.2 Å². The number of rotatable bonds is 6. The molecule has 8 heteroatoms. The second-order valence-corrected chi connectivity index (χ2v) is 3.55. The lowest BCUT2D eigenvalue weighted by Crippen LogP contribution is -2.42. The van der Waals surface area contributed by atoms with E-state index < -0.39 is 18.0 Å². The molecule has 19 heavy (non-hydrogen) atoms. The van der Waals surface area contributed by atoms with Crippen LogP contribution in [0.2, 0.25) is 0 Å². The van der Waals surface area contributed by atoms with Crippen LogP contribution < -0.4 is 10.1 Å².